The lowest BCUT2D eigenvalue weighted by Gasteiger charge is -2.71. The highest BCUT2D eigenvalue weighted by molar-refractivity contribution is 5.78. The summed E-state index contributed by atoms with van der Waals surface area (Å²) in [7, 11) is 3.11. The van der Waals surface area contributed by atoms with Crippen molar-refractivity contribution < 1.29 is 78.5 Å². The number of carbonyl (C=O) groups is 8. The molecule has 19 saturated carbocycles. The predicted molar refractivity (Wildman–Crippen MR) is 447 cm³/mol. The van der Waals surface area contributed by atoms with E-state index >= 15 is 0 Å². The van der Waals surface area contributed by atoms with Crippen LogP contribution in [0.3, 0.4) is 0 Å². The summed E-state index contributed by atoms with van der Waals surface area (Å²) in [5.41, 5.74) is 4.29. The number of carbonyl (C=O) groups excluding carboxylic acids is 2. The molecule has 652 valence electrons. The van der Waals surface area contributed by atoms with E-state index in [1.165, 1.54) is 83.5 Å². The first-order valence-corrected chi connectivity index (χ1v) is 48.5. The van der Waals surface area contributed by atoms with Crippen molar-refractivity contribution in [3.05, 3.63) is 34.9 Å². The first-order chi connectivity index (χ1) is 55.7. The predicted octanol–water partition coefficient (Wildman–Crippen LogP) is 20.8. The van der Waals surface area contributed by atoms with Gasteiger partial charge in [0.05, 0.1) is 60.1 Å². The number of hydrogen-bond acceptors (Lipinski definition) is 10. The molecule has 0 aromatic rings. The standard InChI is InChI=1S/2C29H42O4.C28H40O4.2C8H12O2/c1-15(2)20-14-29-10-7-21-27(3,8-6-9-28(21,4)26(31)32)22(29)13-18(20)23-17-11-16(24(23)29)12-19(17)25(30)33-5;1-15(2)20-14-29-10-7-21-27(3,8-6-9-28(21,4)26(32)33-5)22(29)13-18(20)23-17-11-16(24(23)29)12-19(17)25(30)31;1-14(2)19-13-28-9-6-20-26(3,7-5-8-27(20,4)25(31)32)21(28)12-17(19)22-16-10-15(23(22)28)11-18(16)24(29)30;2*9-8(10)7-4-5-1-2-6(7)3-5/h14-19,21-24H,6-13H2,1-5H3,(H,31,32);14-19,21-24H,6-13H2,1-5H3,(H,30,31);13-18,20-23H,5-12H2,1-4H3,(H,29,30)(H,31,32);2*5-7H,1-4H2,(H,9,10). The van der Waals surface area contributed by atoms with E-state index in [0.29, 0.717) is 142 Å². The van der Waals surface area contributed by atoms with Crippen LogP contribution in [0, 0.1) is 244 Å². The summed E-state index contributed by atoms with van der Waals surface area (Å²) in [5, 5.41) is 57.9. The summed E-state index contributed by atoms with van der Waals surface area (Å²) < 4.78 is 10.6. The Labute approximate surface area is 704 Å². The van der Waals surface area contributed by atoms with Crippen LogP contribution in [0.1, 0.15) is 289 Å². The first-order valence-electron chi connectivity index (χ1n) is 48.5. The molecule has 25 rings (SSSR count). The Morgan fingerprint density at radius 1 is 0.331 bits per heavy atom. The minimum Gasteiger partial charge on any atom is -0.481 e. The maximum absolute atomic E-state index is 13.0. The second-order valence-corrected chi connectivity index (χ2v) is 47.9. The van der Waals surface area contributed by atoms with Crippen LogP contribution in [0.5, 0.6) is 0 Å². The van der Waals surface area contributed by atoms with Crippen molar-refractivity contribution in [3.63, 3.8) is 0 Å². The zero-order valence-electron chi connectivity index (χ0n) is 74.2. The zero-order valence-corrected chi connectivity index (χ0v) is 74.2. The molecule has 3 spiro atoms. The average molecular weight is 1630 g/mol. The van der Waals surface area contributed by atoms with Gasteiger partial charge >= 0.3 is 47.8 Å². The van der Waals surface area contributed by atoms with Crippen molar-refractivity contribution in [2.24, 2.45) is 244 Å². The molecule has 16 bridgehead atoms. The fraction of sp³-hybridized carbons (Fsp3) is 0.863. The summed E-state index contributed by atoms with van der Waals surface area (Å²) >= 11 is 0. The SMILES string of the molecule is CC(C)C1=CC23CCC4C(C)(C(=O)O)CCCC4(C)C2CC1C1C2CC(CC2C(=O)O)C13.COC(=O)C1(C)CCCC2(C)C1CCC13C=C(C(C)C)C(CC21)C1C2CC(CC2C(=O)O)C13.COC(=O)C1CC2CC1C1C3CC4C5(C)CCCC(C)(C(=O)O)C5CCC4(C=C3C(C)C)C21.O=C(O)C1CC2CCC1C2.O=C(O)C1CC2CCC1C2. The third-order valence-electron chi connectivity index (χ3n) is 43.3. The molecule has 25 aliphatic rings. The van der Waals surface area contributed by atoms with Crippen LogP contribution in [0.2, 0.25) is 0 Å². The number of hydrogen-bond donors (Lipinski definition) is 6. The van der Waals surface area contributed by atoms with Gasteiger partial charge in [0.1, 0.15) is 0 Å². The fourth-order valence-corrected chi connectivity index (χ4v) is 39.6. The van der Waals surface area contributed by atoms with E-state index in [0.717, 1.165) is 134 Å². The lowest BCUT2D eigenvalue weighted by Crippen LogP contribution is -2.65. The van der Waals surface area contributed by atoms with Crippen LogP contribution in [-0.2, 0) is 47.8 Å². The Balaban J connectivity index is 0.000000109. The molecule has 16 heteroatoms. The number of carboxylic acids is 6. The maximum Gasteiger partial charge on any atom is 0.311 e. The summed E-state index contributed by atoms with van der Waals surface area (Å²) in [5.74, 6) is 11.6. The van der Waals surface area contributed by atoms with Crippen LogP contribution in [0.25, 0.3) is 0 Å². The molecule has 0 heterocycles. The quantitative estimate of drug-likeness (QED) is 0.0828. The van der Waals surface area contributed by atoms with Gasteiger partial charge in [-0.05, 0) is 392 Å². The number of allylic oxidation sites excluding steroid dienone is 6. The number of ether oxygens (including phenoxy) is 2. The molecule has 39 atom stereocenters. The fourth-order valence-electron chi connectivity index (χ4n) is 39.6. The smallest absolute Gasteiger partial charge is 0.311 e. The second-order valence-electron chi connectivity index (χ2n) is 47.9. The topological polar surface area (TPSA) is 276 Å². The van der Waals surface area contributed by atoms with Crippen molar-refractivity contribution in [1.82, 2.24) is 0 Å². The molecule has 0 amide bonds. The largest absolute Gasteiger partial charge is 0.481 e. The molecule has 39 unspecified atom stereocenters. The minimum atomic E-state index is -0.599. The third kappa shape index (κ3) is 11.8. The number of aliphatic carboxylic acids is 6. The van der Waals surface area contributed by atoms with E-state index in [2.05, 4.69) is 87.5 Å². The number of fused-ring (bicyclic) bond motifs is 13. The van der Waals surface area contributed by atoms with Crippen LogP contribution >= 0.6 is 0 Å². The molecule has 0 saturated heterocycles. The summed E-state index contributed by atoms with van der Waals surface area (Å²) in [4.78, 5) is 96.0. The van der Waals surface area contributed by atoms with Gasteiger partial charge in [-0.25, -0.2) is 0 Å². The molecule has 16 nitrogen and oxygen atoms in total. The Kier molecular flexibility index (Phi) is 20.6. The molecule has 6 N–H and O–H groups in total. The Bertz CT molecular complexity index is 4130. The van der Waals surface area contributed by atoms with Crippen LogP contribution in [0.15, 0.2) is 34.9 Å². The number of esters is 2. The first kappa shape index (κ1) is 83.9. The van der Waals surface area contributed by atoms with Gasteiger partial charge in [0.2, 0.25) is 0 Å². The van der Waals surface area contributed by atoms with Crippen molar-refractivity contribution >= 4 is 47.8 Å². The summed E-state index contributed by atoms with van der Waals surface area (Å²) in [6, 6.07) is 0. The molecule has 0 radical (unpaired) electrons. The maximum atomic E-state index is 13.0. The van der Waals surface area contributed by atoms with Crippen LogP contribution in [-0.4, -0.2) is 92.6 Å². The van der Waals surface area contributed by atoms with Crippen LogP contribution < -0.4 is 0 Å². The van der Waals surface area contributed by atoms with Crippen molar-refractivity contribution in [3.8, 4) is 0 Å². The Morgan fingerprint density at radius 2 is 0.644 bits per heavy atom. The van der Waals surface area contributed by atoms with E-state index in [4.69, 9.17) is 19.7 Å². The minimum absolute atomic E-state index is 0.00384. The highest BCUT2D eigenvalue weighted by atomic mass is 16.5. The number of methoxy groups -OCH3 is 2. The van der Waals surface area contributed by atoms with Crippen molar-refractivity contribution in [1.29, 1.82) is 0 Å². The average Bonchev–Trinajstić information content (AvgIpc) is 1.34. The Hall–Kier alpha value is -5.02. The van der Waals surface area contributed by atoms with E-state index in [1.54, 1.807) is 30.9 Å². The number of carboxylic acid groups (broad SMARTS) is 6. The van der Waals surface area contributed by atoms with Gasteiger partial charge in [0, 0.05) is 0 Å². The van der Waals surface area contributed by atoms with E-state index < -0.39 is 46.6 Å². The number of rotatable bonds is 11. The summed E-state index contributed by atoms with van der Waals surface area (Å²) in [6.45, 7) is 27.8. The van der Waals surface area contributed by atoms with Gasteiger partial charge in [0.25, 0.3) is 0 Å². The van der Waals surface area contributed by atoms with Crippen molar-refractivity contribution in [2.45, 2.75) is 289 Å². The monoisotopic (exact) mass is 1630 g/mol. The zero-order chi connectivity index (χ0) is 84.1. The van der Waals surface area contributed by atoms with Gasteiger partial charge in [-0.3, -0.25) is 38.4 Å². The van der Waals surface area contributed by atoms with E-state index in [1.807, 2.05) is 13.8 Å². The van der Waals surface area contributed by atoms with Gasteiger partial charge in [-0.1, -0.05) is 129 Å². The second kappa shape index (κ2) is 29.0. The highest BCUT2D eigenvalue weighted by Crippen LogP contribution is 2.84. The molecular weight excluding hydrogens is 1480 g/mol. The lowest BCUT2D eigenvalue weighted by molar-refractivity contribution is -0.206. The van der Waals surface area contributed by atoms with E-state index in [-0.39, 0.29) is 91.3 Å². The van der Waals surface area contributed by atoms with Crippen LogP contribution in [0.4, 0.5) is 0 Å². The van der Waals surface area contributed by atoms with Gasteiger partial charge in [-0.2, -0.15) is 0 Å². The molecule has 25 aliphatic carbocycles. The van der Waals surface area contributed by atoms with Gasteiger partial charge in [0.15, 0.2) is 0 Å². The van der Waals surface area contributed by atoms with Crippen molar-refractivity contribution in [2.75, 3.05) is 14.2 Å². The van der Waals surface area contributed by atoms with Gasteiger partial charge in [-0.15, -0.1) is 0 Å². The molecule has 0 aromatic heterocycles. The normalized spacial score (nSPS) is 52.6. The molecule has 19 fully saturated rings. The highest BCUT2D eigenvalue weighted by Gasteiger charge is 2.78. The third-order valence-corrected chi connectivity index (χ3v) is 43.3. The molecule has 118 heavy (non-hydrogen) atoms. The van der Waals surface area contributed by atoms with E-state index in [9.17, 15) is 58.8 Å². The molecule has 0 aliphatic heterocycles. The molecular formula is C102H148O16. The van der Waals surface area contributed by atoms with Gasteiger partial charge < -0.3 is 40.1 Å². The molecule has 0 aromatic carbocycles. The Morgan fingerprint density at radius 3 is 0.915 bits per heavy atom. The summed E-state index contributed by atoms with van der Waals surface area (Å²) in [6.07, 6.45) is 43.2. The lowest BCUT2D eigenvalue weighted by atomic mass is 9.33.